The lowest BCUT2D eigenvalue weighted by atomic mass is 10.3. The van der Waals surface area contributed by atoms with Crippen LogP contribution in [0.5, 0.6) is 0 Å². The van der Waals surface area contributed by atoms with E-state index in [2.05, 4.69) is 9.05 Å². The van der Waals surface area contributed by atoms with Crippen LogP contribution in [0.2, 0.25) is 0 Å². The first-order valence-electron chi connectivity index (χ1n) is 4.69. The quantitative estimate of drug-likeness (QED) is 0.694. The summed E-state index contributed by atoms with van der Waals surface area (Å²) >= 11 is 0. The molecule has 0 bridgehead atoms. The van der Waals surface area contributed by atoms with Gasteiger partial charge in [-0.05, 0) is 13.8 Å². The minimum absolute atomic E-state index is 0.0732. The molecule has 0 aromatic carbocycles. The highest BCUT2D eigenvalue weighted by Gasteiger charge is 2.57. The second kappa shape index (κ2) is 5.58. The Hall–Kier alpha value is -0.450. The number of hydrogen-bond acceptors (Lipinski definition) is 4. The Labute approximate surface area is 88.1 Å². The number of hydrogen-bond donors (Lipinski definition) is 1. The zero-order chi connectivity index (χ0) is 12.1. The van der Waals surface area contributed by atoms with E-state index in [0.717, 1.165) is 0 Å². The fourth-order valence-electron chi connectivity index (χ4n) is 1.04. The van der Waals surface area contributed by atoms with Gasteiger partial charge in [0.1, 0.15) is 0 Å². The molecule has 0 unspecified atom stereocenters. The summed E-state index contributed by atoms with van der Waals surface area (Å²) in [6.45, 7) is 4.11. The molecule has 0 amide bonds. The van der Waals surface area contributed by atoms with Crippen LogP contribution in [0.15, 0.2) is 0 Å². The largest absolute Gasteiger partial charge is 0.478 e. The van der Waals surface area contributed by atoms with E-state index in [4.69, 9.17) is 5.11 Å². The number of carboxylic acid groups (broad SMARTS) is 1. The Kier molecular flexibility index (Phi) is 5.42. The van der Waals surface area contributed by atoms with E-state index in [1.54, 1.807) is 0 Å². The Morgan fingerprint density at radius 2 is 1.73 bits per heavy atom. The lowest BCUT2D eigenvalue weighted by Crippen LogP contribution is -2.34. The molecular formula is C8H16FO5P. The molecule has 5 nitrogen and oxygen atoms in total. The minimum atomic E-state index is -4.26. The molecular weight excluding hydrogens is 226 g/mol. The van der Waals surface area contributed by atoms with E-state index >= 15 is 0 Å². The number of alkyl halides is 1. The number of aliphatic carboxylic acids is 1. The summed E-state index contributed by atoms with van der Waals surface area (Å²) in [5, 5.41) is 5.74. The predicted octanol–water partition coefficient (Wildman–Crippen LogP) is 2.41. The van der Waals surface area contributed by atoms with Crippen molar-refractivity contribution in [2.45, 2.75) is 32.6 Å². The third-order valence-corrected chi connectivity index (χ3v) is 4.40. The van der Waals surface area contributed by atoms with Gasteiger partial charge in [0.05, 0.1) is 13.2 Å². The van der Waals surface area contributed by atoms with Crippen LogP contribution in [0.3, 0.4) is 0 Å². The summed E-state index contributed by atoms with van der Waals surface area (Å²) in [5.41, 5.74) is 0. The van der Waals surface area contributed by atoms with Crippen molar-refractivity contribution < 1.29 is 27.9 Å². The molecule has 1 atom stereocenters. The monoisotopic (exact) mass is 242 g/mol. The summed E-state index contributed by atoms with van der Waals surface area (Å²) in [6.07, 6.45) is -0.473. The van der Waals surface area contributed by atoms with Crippen LogP contribution in [-0.2, 0) is 18.4 Å². The Morgan fingerprint density at radius 3 is 1.93 bits per heavy atom. The van der Waals surface area contributed by atoms with Gasteiger partial charge in [-0.1, -0.05) is 6.92 Å². The van der Waals surface area contributed by atoms with Gasteiger partial charge in [0.15, 0.2) is 0 Å². The van der Waals surface area contributed by atoms with Crippen molar-refractivity contribution in [2.75, 3.05) is 13.2 Å². The molecule has 0 heterocycles. The number of carboxylic acids is 1. The van der Waals surface area contributed by atoms with Crippen molar-refractivity contribution in [3.63, 3.8) is 0 Å². The van der Waals surface area contributed by atoms with Crippen LogP contribution in [0, 0.1) is 0 Å². The molecule has 0 saturated carbocycles. The van der Waals surface area contributed by atoms with Gasteiger partial charge < -0.3 is 14.2 Å². The first-order valence-corrected chi connectivity index (χ1v) is 6.23. The molecule has 0 aliphatic carbocycles. The molecule has 0 aliphatic rings. The van der Waals surface area contributed by atoms with E-state index in [-0.39, 0.29) is 13.2 Å². The van der Waals surface area contributed by atoms with E-state index in [1.165, 1.54) is 20.8 Å². The standard InChI is InChI=1S/C8H16FO5P/c1-4-8(9,7(10)11)15(12,13-5-2)14-6-3/h4-6H2,1-3H3,(H,10,11)/t8-/m1/s1. The van der Waals surface area contributed by atoms with E-state index in [0.29, 0.717) is 0 Å². The molecule has 7 heteroatoms. The normalized spacial score (nSPS) is 16.0. The van der Waals surface area contributed by atoms with Gasteiger partial charge in [-0.2, -0.15) is 0 Å². The van der Waals surface area contributed by atoms with Crippen molar-refractivity contribution in [1.82, 2.24) is 0 Å². The molecule has 1 N–H and O–H groups in total. The highest BCUT2D eigenvalue weighted by atomic mass is 31.2. The fraction of sp³-hybridized carbons (Fsp3) is 0.875. The molecule has 0 fully saturated rings. The van der Waals surface area contributed by atoms with Crippen LogP contribution >= 0.6 is 7.60 Å². The Bertz CT molecular complexity index is 260. The molecule has 0 radical (unpaired) electrons. The molecule has 0 rings (SSSR count). The number of halogens is 1. The van der Waals surface area contributed by atoms with Crippen LogP contribution in [0.25, 0.3) is 0 Å². The lowest BCUT2D eigenvalue weighted by Gasteiger charge is -2.27. The summed E-state index contributed by atoms with van der Waals surface area (Å²) in [7, 11) is -4.26. The van der Waals surface area contributed by atoms with Crippen LogP contribution in [-0.4, -0.2) is 29.7 Å². The van der Waals surface area contributed by atoms with Gasteiger partial charge in [0, 0.05) is 6.42 Å². The van der Waals surface area contributed by atoms with Crippen molar-refractivity contribution in [3.05, 3.63) is 0 Å². The second-order valence-corrected chi connectivity index (χ2v) is 4.97. The van der Waals surface area contributed by atoms with Crippen molar-refractivity contribution >= 4 is 13.6 Å². The van der Waals surface area contributed by atoms with Crippen LogP contribution in [0.1, 0.15) is 27.2 Å². The fourth-order valence-corrected chi connectivity index (χ4v) is 2.83. The summed E-state index contributed by atoms with van der Waals surface area (Å²) in [4.78, 5) is 10.7. The van der Waals surface area contributed by atoms with Gasteiger partial charge in [-0.3, -0.25) is 4.57 Å². The zero-order valence-corrected chi connectivity index (χ0v) is 9.92. The van der Waals surface area contributed by atoms with Crippen LogP contribution in [0.4, 0.5) is 4.39 Å². The molecule has 90 valence electrons. The van der Waals surface area contributed by atoms with E-state index in [9.17, 15) is 13.8 Å². The van der Waals surface area contributed by atoms with Gasteiger partial charge in [-0.25, -0.2) is 9.18 Å². The molecule has 0 aromatic rings. The van der Waals surface area contributed by atoms with Crippen LogP contribution < -0.4 is 0 Å². The average molecular weight is 242 g/mol. The van der Waals surface area contributed by atoms with E-state index in [1.807, 2.05) is 0 Å². The molecule has 0 saturated heterocycles. The maximum atomic E-state index is 14.0. The van der Waals surface area contributed by atoms with Crippen molar-refractivity contribution in [1.29, 1.82) is 0 Å². The molecule has 0 spiro atoms. The molecule has 0 aromatic heterocycles. The van der Waals surface area contributed by atoms with Gasteiger partial charge in [-0.15, -0.1) is 0 Å². The van der Waals surface area contributed by atoms with Gasteiger partial charge in [0.25, 0.3) is 0 Å². The minimum Gasteiger partial charge on any atom is -0.478 e. The number of rotatable bonds is 7. The topological polar surface area (TPSA) is 72.8 Å². The molecule has 0 aliphatic heterocycles. The first kappa shape index (κ1) is 14.6. The maximum Gasteiger partial charge on any atom is 0.379 e. The first-order chi connectivity index (χ1) is 6.88. The highest BCUT2D eigenvalue weighted by molar-refractivity contribution is 7.56. The molecule has 15 heavy (non-hydrogen) atoms. The Balaban J connectivity index is 5.19. The van der Waals surface area contributed by atoms with Gasteiger partial charge >= 0.3 is 19.0 Å². The van der Waals surface area contributed by atoms with Gasteiger partial charge in [0.2, 0.25) is 0 Å². The predicted molar refractivity (Wildman–Crippen MR) is 52.6 cm³/mol. The Morgan fingerprint density at radius 1 is 1.33 bits per heavy atom. The summed E-state index contributed by atoms with van der Waals surface area (Å²) in [5.74, 6) is -1.82. The smallest absolute Gasteiger partial charge is 0.379 e. The second-order valence-electron chi connectivity index (χ2n) is 2.75. The number of carbonyl (C=O) groups is 1. The highest BCUT2D eigenvalue weighted by Crippen LogP contribution is 2.62. The summed E-state index contributed by atoms with van der Waals surface area (Å²) in [6, 6.07) is 0. The lowest BCUT2D eigenvalue weighted by molar-refractivity contribution is -0.146. The third-order valence-electron chi connectivity index (χ3n) is 1.83. The van der Waals surface area contributed by atoms with E-state index < -0.39 is 25.4 Å². The van der Waals surface area contributed by atoms with Crippen molar-refractivity contribution in [3.8, 4) is 0 Å². The summed E-state index contributed by atoms with van der Waals surface area (Å²) < 4.78 is 35.2. The SMILES string of the molecule is CCOP(=O)(OCC)[C@](F)(CC)C(=O)O. The average Bonchev–Trinajstić information content (AvgIpc) is 2.16. The maximum absolute atomic E-state index is 14.0. The zero-order valence-electron chi connectivity index (χ0n) is 9.03. The third kappa shape index (κ3) is 2.77. The van der Waals surface area contributed by atoms with Crippen molar-refractivity contribution in [2.24, 2.45) is 0 Å².